The summed E-state index contributed by atoms with van der Waals surface area (Å²) in [6, 6.07) is 21.0. The number of urea groups is 1. The molecule has 0 unspecified atom stereocenters. The highest BCUT2D eigenvalue weighted by molar-refractivity contribution is 6.03. The fourth-order valence-electron chi connectivity index (χ4n) is 2.67. The molecule has 3 aromatic rings. The van der Waals surface area contributed by atoms with Gasteiger partial charge in [-0.15, -0.1) is 0 Å². The molecule has 32 heavy (non-hydrogen) atoms. The predicted octanol–water partition coefficient (Wildman–Crippen LogP) is 4.30. The summed E-state index contributed by atoms with van der Waals surface area (Å²) in [5, 5.41) is 18.3. The van der Waals surface area contributed by atoms with E-state index in [0.29, 0.717) is 22.7 Å². The largest absolute Gasteiger partial charge is 0.457 e. The Kier molecular flexibility index (Phi) is 7.16. The van der Waals surface area contributed by atoms with Gasteiger partial charge in [-0.2, -0.15) is 0 Å². The lowest BCUT2D eigenvalue weighted by Gasteiger charge is -2.11. The molecule has 0 fully saturated rings. The number of nitrogens with zero attached hydrogens (tertiary/aromatic N) is 1. The van der Waals surface area contributed by atoms with Gasteiger partial charge in [-0.25, -0.2) is 4.79 Å². The molecule has 0 bridgehead atoms. The first-order chi connectivity index (χ1) is 15.4. The summed E-state index contributed by atoms with van der Waals surface area (Å²) in [4.78, 5) is 34.8. The minimum absolute atomic E-state index is 0.0251. The molecule has 0 aliphatic heterocycles. The maximum absolute atomic E-state index is 12.4. The van der Waals surface area contributed by atoms with Crippen LogP contribution in [0.15, 0.2) is 84.6 Å². The Hall–Kier alpha value is -4.66. The average molecular weight is 432 g/mol. The van der Waals surface area contributed by atoms with Gasteiger partial charge in [0, 0.05) is 24.9 Å². The van der Waals surface area contributed by atoms with E-state index in [4.69, 9.17) is 4.74 Å². The fourth-order valence-corrected chi connectivity index (χ4v) is 2.67. The van der Waals surface area contributed by atoms with E-state index in [1.54, 1.807) is 24.3 Å². The number of amides is 3. The second-order valence-corrected chi connectivity index (χ2v) is 6.50. The number of hydrogen-bond donors (Lipinski definition) is 3. The van der Waals surface area contributed by atoms with E-state index < -0.39 is 16.9 Å². The van der Waals surface area contributed by atoms with Gasteiger partial charge in [-0.3, -0.25) is 14.9 Å². The maximum atomic E-state index is 12.4. The van der Waals surface area contributed by atoms with Gasteiger partial charge in [0.1, 0.15) is 17.2 Å². The summed E-state index contributed by atoms with van der Waals surface area (Å²) in [6.07, 6.45) is 1.42. The molecular formula is C23H20N4O5. The number of nitro benzene ring substituents is 1. The molecular weight excluding hydrogens is 412 g/mol. The van der Waals surface area contributed by atoms with Gasteiger partial charge >= 0.3 is 6.03 Å². The zero-order valence-electron chi connectivity index (χ0n) is 17.1. The standard InChI is InChI=1S/C23H20N4O5/c1-24-22(28)21(15-16-7-11-18(12-8-16)27(30)31)26-23(29)25-17-9-13-20(14-10-17)32-19-5-3-2-4-6-19/h2-15H,1H3,(H,24,28)(H2,25,26,29)/b21-15-. The normalized spacial score (nSPS) is 10.7. The van der Waals surface area contributed by atoms with Gasteiger partial charge in [0.05, 0.1) is 4.92 Å². The van der Waals surface area contributed by atoms with Crippen molar-refractivity contribution in [3.05, 3.63) is 100 Å². The number of carbonyl (C=O) groups excluding carboxylic acids is 2. The van der Waals surface area contributed by atoms with Crippen LogP contribution in [0, 0.1) is 10.1 Å². The summed E-state index contributed by atoms with van der Waals surface area (Å²) in [6.45, 7) is 0. The number of para-hydroxylation sites is 1. The number of nitrogens with one attached hydrogen (secondary N) is 3. The molecule has 3 aromatic carbocycles. The summed E-state index contributed by atoms with van der Waals surface area (Å²) in [7, 11) is 1.43. The molecule has 9 nitrogen and oxygen atoms in total. The van der Waals surface area contributed by atoms with Gasteiger partial charge in [-0.05, 0) is 60.2 Å². The number of nitro groups is 1. The molecule has 0 atom stereocenters. The first kappa shape index (κ1) is 22.0. The van der Waals surface area contributed by atoms with Crippen LogP contribution < -0.4 is 20.7 Å². The monoisotopic (exact) mass is 432 g/mol. The zero-order valence-corrected chi connectivity index (χ0v) is 17.1. The molecule has 3 amide bonds. The number of anilines is 1. The Balaban J connectivity index is 1.66. The van der Waals surface area contributed by atoms with Crippen molar-refractivity contribution in [2.45, 2.75) is 0 Å². The molecule has 0 aliphatic carbocycles. The van der Waals surface area contributed by atoms with Crippen molar-refractivity contribution in [2.24, 2.45) is 0 Å². The Morgan fingerprint density at radius 3 is 2.12 bits per heavy atom. The first-order valence-electron chi connectivity index (χ1n) is 9.54. The van der Waals surface area contributed by atoms with E-state index in [0.717, 1.165) is 0 Å². The lowest BCUT2D eigenvalue weighted by atomic mass is 10.1. The van der Waals surface area contributed by atoms with Crippen molar-refractivity contribution in [3.8, 4) is 11.5 Å². The van der Waals surface area contributed by atoms with Crippen LogP contribution in [0.2, 0.25) is 0 Å². The summed E-state index contributed by atoms with van der Waals surface area (Å²) in [5.41, 5.74) is 0.906. The third-order valence-electron chi connectivity index (χ3n) is 4.23. The molecule has 162 valence electrons. The van der Waals surface area contributed by atoms with Crippen molar-refractivity contribution in [2.75, 3.05) is 12.4 Å². The quantitative estimate of drug-likeness (QED) is 0.292. The van der Waals surface area contributed by atoms with Crippen LogP contribution in [0.25, 0.3) is 6.08 Å². The summed E-state index contributed by atoms with van der Waals surface area (Å²) >= 11 is 0. The first-order valence-corrected chi connectivity index (χ1v) is 9.54. The van der Waals surface area contributed by atoms with Gasteiger partial charge in [0.25, 0.3) is 11.6 Å². The fraction of sp³-hybridized carbons (Fsp3) is 0.0435. The number of likely N-dealkylation sites (N-methyl/N-ethyl adjacent to an activating group) is 1. The molecule has 0 saturated carbocycles. The van der Waals surface area contributed by atoms with E-state index in [1.165, 1.54) is 37.4 Å². The lowest BCUT2D eigenvalue weighted by molar-refractivity contribution is -0.384. The van der Waals surface area contributed by atoms with E-state index in [1.807, 2.05) is 30.3 Å². The highest BCUT2D eigenvalue weighted by Gasteiger charge is 2.13. The highest BCUT2D eigenvalue weighted by atomic mass is 16.6. The topological polar surface area (TPSA) is 123 Å². The van der Waals surface area contributed by atoms with Crippen molar-refractivity contribution >= 4 is 29.4 Å². The minimum atomic E-state index is -0.626. The molecule has 9 heteroatoms. The van der Waals surface area contributed by atoms with E-state index in [9.17, 15) is 19.7 Å². The van der Waals surface area contributed by atoms with Crippen LogP contribution in [0.5, 0.6) is 11.5 Å². The maximum Gasteiger partial charge on any atom is 0.323 e. The van der Waals surface area contributed by atoms with E-state index >= 15 is 0 Å². The van der Waals surface area contributed by atoms with Crippen LogP contribution in [0.1, 0.15) is 5.56 Å². The summed E-state index contributed by atoms with van der Waals surface area (Å²) < 4.78 is 5.71. The van der Waals surface area contributed by atoms with Gasteiger partial charge in [-0.1, -0.05) is 18.2 Å². The summed E-state index contributed by atoms with van der Waals surface area (Å²) in [5.74, 6) is 0.772. The molecule has 3 N–H and O–H groups in total. The van der Waals surface area contributed by atoms with Crippen LogP contribution in [-0.4, -0.2) is 23.9 Å². The number of benzene rings is 3. The van der Waals surface area contributed by atoms with Gasteiger partial charge < -0.3 is 20.7 Å². The van der Waals surface area contributed by atoms with Gasteiger partial charge in [0.2, 0.25) is 0 Å². The van der Waals surface area contributed by atoms with Crippen LogP contribution in [-0.2, 0) is 4.79 Å². The molecule has 0 saturated heterocycles. The number of rotatable bonds is 7. The average Bonchev–Trinajstić information content (AvgIpc) is 2.80. The Morgan fingerprint density at radius 1 is 0.906 bits per heavy atom. The smallest absolute Gasteiger partial charge is 0.323 e. The third kappa shape index (κ3) is 6.17. The van der Waals surface area contributed by atoms with E-state index in [-0.39, 0.29) is 11.4 Å². The van der Waals surface area contributed by atoms with Crippen molar-refractivity contribution in [3.63, 3.8) is 0 Å². The Bertz CT molecular complexity index is 1130. The van der Waals surface area contributed by atoms with Crippen LogP contribution in [0.3, 0.4) is 0 Å². The molecule has 0 heterocycles. The third-order valence-corrected chi connectivity index (χ3v) is 4.23. The number of ether oxygens (including phenoxy) is 1. The SMILES string of the molecule is CNC(=O)/C(=C/c1ccc([N+](=O)[O-])cc1)NC(=O)Nc1ccc(Oc2ccccc2)cc1. The van der Waals surface area contributed by atoms with Crippen LogP contribution in [0.4, 0.5) is 16.2 Å². The second kappa shape index (κ2) is 10.4. The number of carbonyl (C=O) groups is 2. The molecule has 0 spiro atoms. The van der Waals surface area contributed by atoms with Crippen LogP contribution >= 0.6 is 0 Å². The van der Waals surface area contributed by atoms with Crippen molar-refractivity contribution in [1.82, 2.24) is 10.6 Å². The second-order valence-electron chi connectivity index (χ2n) is 6.50. The number of hydrogen-bond acceptors (Lipinski definition) is 5. The molecule has 3 rings (SSSR count). The van der Waals surface area contributed by atoms with E-state index in [2.05, 4.69) is 16.0 Å². The number of non-ortho nitro benzene ring substituents is 1. The molecule has 0 radical (unpaired) electrons. The minimum Gasteiger partial charge on any atom is -0.457 e. The lowest BCUT2D eigenvalue weighted by Crippen LogP contribution is -2.35. The molecule has 0 aromatic heterocycles. The zero-order chi connectivity index (χ0) is 22.9. The highest BCUT2D eigenvalue weighted by Crippen LogP contribution is 2.22. The van der Waals surface area contributed by atoms with Crippen molar-refractivity contribution in [1.29, 1.82) is 0 Å². The predicted molar refractivity (Wildman–Crippen MR) is 120 cm³/mol. The van der Waals surface area contributed by atoms with Crippen molar-refractivity contribution < 1.29 is 19.2 Å². The Morgan fingerprint density at radius 2 is 1.53 bits per heavy atom. The van der Waals surface area contributed by atoms with Gasteiger partial charge in [0.15, 0.2) is 0 Å². The molecule has 0 aliphatic rings. The Labute approximate surface area is 183 Å².